The first-order valence-corrected chi connectivity index (χ1v) is 8.04. The molecule has 0 bridgehead atoms. The van der Waals surface area contributed by atoms with Crippen molar-refractivity contribution in [3.8, 4) is 5.75 Å². The second-order valence-corrected chi connectivity index (χ2v) is 5.77. The van der Waals surface area contributed by atoms with Crippen LogP contribution >= 0.6 is 0 Å². The molecule has 1 saturated carbocycles. The second-order valence-electron chi connectivity index (χ2n) is 5.77. The monoisotopic (exact) mass is 306 g/mol. The largest absolute Gasteiger partial charge is 0.492 e. The van der Waals surface area contributed by atoms with Crippen molar-refractivity contribution in [2.24, 2.45) is 5.92 Å². The summed E-state index contributed by atoms with van der Waals surface area (Å²) >= 11 is 0. The Morgan fingerprint density at radius 2 is 2.14 bits per heavy atom. The van der Waals surface area contributed by atoms with Crippen molar-refractivity contribution in [3.63, 3.8) is 0 Å². The van der Waals surface area contributed by atoms with Crippen LogP contribution in [0.4, 0.5) is 0 Å². The van der Waals surface area contributed by atoms with Crippen molar-refractivity contribution < 1.29 is 14.6 Å². The standard InChI is InChI=1S/C17H26N2O3/c1-18-10-4-6-13-5-2-3-7-15(13)22-12-11-19-16(17(20)21)14-8-9-14/h2-3,5,7,14,16,18-19H,4,6,8-12H2,1H3,(H,20,21)/t16-/m0/s1. The molecule has 1 aromatic carbocycles. The number of rotatable bonds is 11. The Morgan fingerprint density at radius 3 is 2.82 bits per heavy atom. The van der Waals surface area contributed by atoms with Crippen LogP contribution in [0.5, 0.6) is 5.75 Å². The zero-order valence-electron chi connectivity index (χ0n) is 13.2. The fourth-order valence-corrected chi connectivity index (χ4v) is 2.57. The van der Waals surface area contributed by atoms with Gasteiger partial charge < -0.3 is 20.5 Å². The number of benzene rings is 1. The minimum Gasteiger partial charge on any atom is -0.492 e. The first-order valence-electron chi connectivity index (χ1n) is 8.04. The summed E-state index contributed by atoms with van der Waals surface area (Å²) in [6.45, 7) is 2.02. The van der Waals surface area contributed by atoms with Gasteiger partial charge in [0.1, 0.15) is 18.4 Å². The molecule has 122 valence electrons. The molecule has 1 aliphatic rings. The Balaban J connectivity index is 1.75. The number of hydrogen-bond acceptors (Lipinski definition) is 4. The van der Waals surface area contributed by atoms with E-state index in [9.17, 15) is 4.79 Å². The maximum absolute atomic E-state index is 11.1. The summed E-state index contributed by atoms with van der Waals surface area (Å²) in [5, 5.41) is 15.4. The minimum atomic E-state index is -0.755. The van der Waals surface area contributed by atoms with Crippen LogP contribution in [0.1, 0.15) is 24.8 Å². The van der Waals surface area contributed by atoms with Gasteiger partial charge in [0, 0.05) is 6.54 Å². The van der Waals surface area contributed by atoms with Gasteiger partial charge in [0.15, 0.2) is 0 Å². The quantitative estimate of drug-likeness (QED) is 0.543. The number of carbonyl (C=O) groups is 1. The molecule has 0 spiro atoms. The lowest BCUT2D eigenvalue weighted by Gasteiger charge is -2.15. The molecule has 2 rings (SSSR count). The molecule has 0 heterocycles. The van der Waals surface area contributed by atoms with Gasteiger partial charge in [-0.1, -0.05) is 18.2 Å². The number of nitrogens with one attached hydrogen (secondary N) is 2. The van der Waals surface area contributed by atoms with Crippen molar-refractivity contribution in [1.29, 1.82) is 0 Å². The van der Waals surface area contributed by atoms with E-state index < -0.39 is 12.0 Å². The van der Waals surface area contributed by atoms with Crippen LogP contribution < -0.4 is 15.4 Å². The van der Waals surface area contributed by atoms with E-state index in [4.69, 9.17) is 9.84 Å². The third-order valence-corrected chi connectivity index (χ3v) is 3.93. The topological polar surface area (TPSA) is 70.6 Å². The van der Waals surface area contributed by atoms with E-state index in [1.807, 2.05) is 25.2 Å². The molecule has 1 atom stereocenters. The molecule has 0 aliphatic heterocycles. The summed E-state index contributed by atoms with van der Waals surface area (Å²) < 4.78 is 5.82. The van der Waals surface area contributed by atoms with Gasteiger partial charge in [0.05, 0.1) is 0 Å². The van der Waals surface area contributed by atoms with E-state index >= 15 is 0 Å². The van der Waals surface area contributed by atoms with Gasteiger partial charge in [-0.15, -0.1) is 0 Å². The van der Waals surface area contributed by atoms with Crippen molar-refractivity contribution in [1.82, 2.24) is 10.6 Å². The van der Waals surface area contributed by atoms with Crippen LogP contribution in [0.3, 0.4) is 0 Å². The number of para-hydroxylation sites is 1. The fraction of sp³-hybridized carbons (Fsp3) is 0.588. The highest BCUT2D eigenvalue weighted by molar-refractivity contribution is 5.74. The average molecular weight is 306 g/mol. The summed E-state index contributed by atoms with van der Waals surface area (Å²) in [4.78, 5) is 11.1. The van der Waals surface area contributed by atoms with Gasteiger partial charge >= 0.3 is 5.97 Å². The predicted molar refractivity (Wildman–Crippen MR) is 86.3 cm³/mol. The smallest absolute Gasteiger partial charge is 0.320 e. The molecule has 0 aromatic heterocycles. The lowest BCUT2D eigenvalue weighted by molar-refractivity contribution is -0.140. The maximum atomic E-state index is 11.1. The highest BCUT2D eigenvalue weighted by Gasteiger charge is 2.35. The van der Waals surface area contributed by atoms with Gasteiger partial charge in [-0.2, -0.15) is 0 Å². The molecule has 22 heavy (non-hydrogen) atoms. The third kappa shape index (κ3) is 5.31. The summed E-state index contributed by atoms with van der Waals surface area (Å²) in [7, 11) is 1.95. The Hall–Kier alpha value is -1.59. The van der Waals surface area contributed by atoms with Gasteiger partial charge in [0.25, 0.3) is 0 Å². The van der Waals surface area contributed by atoms with E-state index in [0.29, 0.717) is 19.1 Å². The van der Waals surface area contributed by atoms with E-state index in [2.05, 4.69) is 16.7 Å². The minimum absolute atomic E-state index is 0.298. The van der Waals surface area contributed by atoms with E-state index in [-0.39, 0.29) is 0 Å². The molecule has 1 fully saturated rings. The highest BCUT2D eigenvalue weighted by atomic mass is 16.5. The van der Waals surface area contributed by atoms with Crippen molar-refractivity contribution in [2.45, 2.75) is 31.7 Å². The van der Waals surface area contributed by atoms with Crippen LogP contribution in [0.15, 0.2) is 24.3 Å². The Morgan fingerprint density at radius 1 is 1.36 bits per heavy atom. The van der Waals surface area contributed by atoms with Crippen LogP contribution in [0.25, 0.3) is 0 Å². The first kappa shape index (κ1) is 16.8. The molecule has 0 amide bonds. The van der Waals surface area contributed by atoms with E-state index in [1.54, 1.807) is 0 Å². The third-order valence-electron chi connectivity index (χ3n) is 3.93. The van der Waals surface area contributed by atoms with E-state index in [1.165, 1.54) is 5.56 Å². The van der Waals surface area contributed by atoms with Crippen molar-refractivity contribution in [2.75, 3.05) is 26.7 Å². The highest BCUT2D eigenvalue weighted by Crippen LogP contribution is 2.32. The van der Waals surface area contributed by atoms with Crippen LogP contribution in [-0.4, -0.2) is 43.9 Å². The second kappa shape index (κ2) is 8.76. The van der Waals surface area contributed by atoms with Crippen molar-refractivity contribution in [3.05, 3.63) is 29.8 Å². The molecule has 0 saturated heterocycles. The number of carboxylic acids is 1. The van der Waals surface area contributed by atoms with Crippen molar-refractivity contribution >= 4 is 5.97 Å². The Kier molecular flexibility index (Phi) is 6.68. The average Bonchev–Trinajstić information content (AvgIpc) is 3.33. The molecule has 1 aliphatic carbocycles. The lowest BCUT2D eigenvalue weighted by atomic mass is 10.1. The van der Waals surface area contributed by atoms with Gasteiger partial charge in [-0.05, 0) is 56.8 Å². The molecule has 5 nitrogen and oxygen atoms in total. The van der Waals surface area contributed by atoms with Crippen LogP contribution in [-0.2, 0) is 11.2 Å². The maximum Gasteiger partial charge on any atom is 0.320 e. The summed E-state index contributed by atoms with van der Waals surface area (Å²) in [5.74, 6) is 0.444. The van der Waals surface area contributed by atoms with E-state index in [0.717, 1.165) is 38.0 Å². The number of hydrogen-bond donors (Lipinski definition) is 3. The Labute approximate surface area is 132 Å². The van der Waals surface area contributed by atoms with Crippen LogP contribution in [0.2, 0.25) is 0 Å². The number of aliphatic carboxylic acids is 1. The molecule has 0 unspecified atom stereocenters. The van der Waals surface area contributed by atoms with Gasteiger partial charge in [-0.25, -0.2) is 0 Å². The molecule has 1 aromatic rings. The number of aryl methyl sites for hydroxylation is 1. The number of ether oxygens (including phenoxy) is 1. The molecule has 3 N–H and O–H groups in total. The first-order chi connectivity index (χ1) is 10.7. The Bertz CT molecular complexity index is 475. The summed E-state index contributed by atoms with van der Waals surface area (Å²) in [6.07, 6.45) is 4.07. The molecule has 0 radical (unpaired) electrons. The molecular formula is C17H26N2O3. The predicted octanol–water partition coefficient (Wildman–Crippen LogP) is 1.67. The molecule has 5 heteroatoms. The van der Waals surface area contributed by atoms with Gasteiger partial charge in [0.2, 0.25) is 0 Å². The zero-order valence-corrected chi connectivity index (χ0v) is 13.2. The normalized spacial score (nSPS) is 15.5. The lowest BCUT2D eigenvalue weighted by Crippen LogP contribution is -2.40. The number of carboxylic acid groups (broad SMARTS) is 1. The summed E-state index contributed by atoms with van der Waals surface area (Å²) in [5.41, 5.74) is 1.20. The summed E-state index contributed by atoms with van der Waals surface area (Å²) in [6, 6.07) is 7.63. The zero-order chi connectivity index (χ0) is 15.8. The fourth-order valence-electron chi connectivity index (χ4n) is 2.57. The molecular weight excluding hydrogens is 280 g/mol. The van der Waals surface area contributed by atoms with Gasteiger partial charge in [-0.3, -0.25) is 4.79 Å². The van der Waals surface area contributed by atoms with Crippen LogP contribution in [0, 0.1) is 5.92 Å². The SMILES string of the molecule is CNCCCc1ccccc1OCCN[C@H](C(=O)O)C1CC1.